The van der Waals surface area contributed by atoms with Crippen LogP contribution in [0, 0.1) is 6.92 Å². The summed E-state index contributed by atoms with van der Waals surface area (Å²) in [6.07, 6.45) is 0. The summed E-state index contributed by atoms with van der Waals surface area (Å²) in [5.74, 6) is -0.392. The standard InChI is InChI=1S/C23H19N3O4/c1-15-12-19(30-14-21(28)29)22-18(27)13-20(25-16-8-4-2-5-9-16)26(23(22)24-15)17-10-6-3-7-11-17/h2-13,25H,14H2,1H3,(H,28,29). The van der Waals surface area contributed by atoms with E-state index in [0.29, 0.717) is 17.2 Å². The van der Waals surface area contributed by atoms with E-state index in [1.165, 1.54) is 6.07 Å². The molecule has 7 heteroatoms. The van der Waals surface area contributed by atoms with E-state index in [1.807, 2.05) is 65.2 Å². The van der Waals surface area contributed by atoms with Crippen LogP contribution in [0.15, 0.2) is 77.6 Å². The molecule has 2 aromatic carbocycles. The van der Waals surface area contributed by atoms with Gasteiger partial charge in [-0.2, -0.15) is 0 Å². The molecule has 30 heavy (non-hydrogen) atoms. The first-order chi connectivity index (χ1) is 14.5. The third kappa shape index (κ3) is 3.86. The molecule has 0 radical (unpaired) electrons. The molecular formula is C23H19N3O4. The number of aliphatic carboxylic acids is 1. The predicted molar refractivity (Wildman–Crippen MR) is 115 cm³/mol. The van der Waals surface area contributed by atoms with Gasteiger partial charge in [-0.1, -0.05) is 36.4 Å². The number of carboxylic acids is 1. The Labute approximate surface area is 172 Å². The number of hydrogen-bond acceptors (Lipinski definition) is 5. The lowest BCUT2D eigenvalue weighted by atomic mass is 10.2. The van der Waals surface area contributed by atoms with Crippen LogP contribution >= 0.6 is 0 Å². The summed E-state index contributed by atoms with van der Waals surface area (Å²) in [5.41, 5.74) is 2.28. The van der Waals surface area contributed by atoms with Crippen molar-refractivity contribution in [1.29, 1.82) is 0 Å². The second-order valence-corrected chi connectivity index (χ2v) is 6.70. The summed E-state index contributed by atoms with van der Waals surface area (Å²) in [6.45, 7) is 1.22. The summed E-state index contributed by atoms with van der Waals surface area (Å²) in [7, 11) is 0. The number of benzene rings is 2. The molecule has 0 fully saturated rings. The van der Waals surface area contributed by atoms with Crippen LogP contribution in [0.4, 0.5) is 11.5 Å². The van der Waals surface area contributed by atoms with Crippen molar-refractivity contribution in [2.45, 2.75) is 6.92 Å². The SMILES string of the molecule is Cc1cc(OCC(=O)O)c2c(=O)cc(Nc3ccccc3)n(-c3ccccc3)c2n1. The number of anilines is 2. The van der Waals surface area contributed by atoms with Gasteiger partial charge in [0.2, 0.25) is 0 Å². The summed E-state index contributed by atoms with van der Waals surface area (Å²) in [4.78, 5) is 28.6. The van der Waals surface area contributed by atoms with Crippen LogP contribution in [0.1, 0.15) is 5.69 Å². The Morgan fingerprint density at radius 2 is 1.73 bits per heavy atom. The zero-order valence-corrected chi connectivity index (χ0v) is 16.2. The first kappa shape index (κ1) is 19.2. The Morgan fingerprint density at radius 1 is 1.07 bits per heavy atom. The second kappa shape index (κ2) is 8.08. The number of carbonyl (C=O) groups is 1. The highest BCUT2D eigenvalue weighted by atomic mass is 16.5. The smallest absolute Gasteiger partial charge is 0.341 e. The maximum absolute atomic E-state index is 13.0. The molecular weight excluding hydrogens is 382 g/mol. The number of ether oxygens (including phenoxy) is 1. The maximum Gasteiger partial charge on any atom is 0.341 e. The fourth-order valence-corrected chi connectivity index (χ4v) is 3.25. The van der Waals surface area contributed by atoms with Crippen LogP contribution in [0.3, 0.4) is 0 Å². The molecule has 150 valence electrons. The number of rotatable bonds is 6. The average molecular weight is 401 g/mol. The third-order valence-electron chi connectivity index (χ3n) is 4.47. The van der Waals surface area contributed by atoms with E-state index < -0.39 is 12.6 Å². The number of aromatic nitrogens is 2. The molecule has 0 unspecified atom stereocenters. The van der Waals surface area contributed by atoms with Gasteiger partial charge in [0.1, 0.15) is 17.0 Å². The number of para-hydroxylation sites is 2. The van der Waals surface area contributed by atoms with Gasteiger partial charge in [-0.3, -0.25) is 9.36 Å². The summed E-state index contributed by atoms with van der Waals surface area (Å²) in [6, 6.07) is 22.0. The minimum Gasteiger partial charge on any atom is -0.481 e. The quantitative estimate of drug-likeness (QED) is 0.509. The van der Waals surface area contributed by atoms with Crippen LogP contribution in [0.25, 0.3) is 16.7 Å². The normalized spacial score (nSPS) is 10.7. The molecule has 2 heterocycles. The summed E-state index contributed by atoms with van der Waals surface area (Å²) < 4.78 is 7.24. The van der Waals surface area contributed by atoms with Crippen molar-refractivity contribution >= 4 is 28.5 Å². The second-order valence-electron chi connectivity index (χ2n) is 6.70. The van der Waals surface area contributed by atoms with E-state index in [4.69, 9.17) is 9.84 Å². The molecule has 7 nitrogen and oxygen atoms in total. The lowest BCUT2D eigenvalue weighted by Crippen LogP contribution is -2.16. The Kier molecular flexibility index (Phi) is 5.17. The number of nitrogens with one attached hydrogen (secondary N) is 1. The highest BCUT2D eigenvalue weighted by molar-refractivity contribution is 5.87. The highest BCUT2D eigenvalue weighted by Gasteiger charge is 2.18. The van der Waals surface area contributed by atoms with E-state index in [-0.39, 0.29) is 16.6 Å². The number of nitrogens with zero attached hydrogens (tertiary/aromatic N) is 2. The Bertz CT molecular complexity index is 1270. The van der Waals surface area contributed by atoms with Crippen LogP contribution in [-0.4, -0.2) is 27.2 Å². The zero-order chi connectivity index (χ0) is 21.1. The average Bonchev–Trinajstić information content (AvgIpc) is 2.73. The number of fused-ring (bicyclic) bond motifs is 1. The Morgan fingerprint density at radius 3 is 2.40 bits per heavy atom. The molecule has 0 aliphatic carbocycles. The molecule has 0 spiro atoms. The molecule has 0 atom stereocenters. The maximum atomic E-state index is 13.0. The van der Waals surface area contributed by atoms with Crippen molar-refractivity contribution in [2.75, 3.05) is 11.9 Å². The van der Waals surface area contributed by atoms with Crippen molar-refractivity contribution in [2.24, 2.45) is 0 Å². The van der Waals surface area contributed by atoms with E-state index in [0.717, 1.165) is 11.4 Å². The molecule has 0 aliphatic rings. The molecule has 0 bridgehead atoms. The number of carboxylic acid groups (broad SMARTS) is 1. The number of hydrogen-bond donors (Lipinski definition) is 2. The van der Waals surface area contributed by atoms with Crippen molar-refractivity contribution < 1.29 is 14.6 Å². The van der Waals surface area contributed by atoms with Crippen LogP contribution in [-0.2, 0) is 4.79 Å². The summed E-state index contributed by atoms with van der Waals surface area (Å²) in [5, 5.41) is 12.5. The topological polar surface area (TPSA) is 93.5 Å². The number of aryl methyl sites for hydroxylation is 1. The van der Waals surface area contributed by atoms with Crippen LogP contribution < -0.4 is 15.5 Å². The Hall–Kier alpha value is -4.13. The Balaban J connectivity index is 2.00. The minimum atomic E-state index is -1.12. The molecule has 0 amide bonds. The van der Waals surface area contributed by atoms with E-state index in [9.17, 15) is 9.59 Å². The fourth-order valence-electron chi connectivity index (χ4n) is 3.25. The molecule has 2 N–H and O–H groups in total. The van der Waals surface area contributed by atoms with Gasteiger partial charge in [0.25, 0.3) is 0 Å². The van der Waals surface area contributed by atoms with Gasteiger partial charge in [-0.25, -0.2) is 9.78 Å². The zero-order valence-electron chi connectivity index (χ0n) is 16.2. The molecule has 4 rings (SSSR count). The predicted octanol–water partition coefficient (Wildman–Crippen LogP) is 3.90. The minimum absolute atomic E-state index is 0.195. The lowest BCUT2D eigenvalue weighted by Gasteiger charge is -2.19. The van der Waals surface area contributed by atoms with Crippen molar-refractivity contribution in [1.82, 2.24) is 9.55 Å². The monoisotopic (exact) mass is 401 g/mol. The van der Waals surface area contributed by atoms with Gasteiger partial charge in [0, 0.05) is 29.2 Å². The van der Waals surface area contributed by atoms with Gasteiger partial charge in [-0.05, 0) is 31.2 Å². The first-order valence-corrected chi connectivity index (χ1v) is 9.32. The highest BCUT2D eigenvalue weighted by Crippen LogP contribution is 2.29. The molecule has 0 saturated heterocycles. The first-order valence-electron chi connectivity index (χ1n) is 9.32. The fraction of sp³-hybridized carbons (Fsp3) is 0.0870. The van der Waals surface area contributed by atoms with Gasteiger partial charge in [0.05, 0.1) is 0 Å². The van der Waals surface area contributed by atoms with E-state index in [2.05, 4.69) is 10.3 Å². The largest absolute Gasteiger partial charge is 0.481 e. The van der Waals surface area contributed by atoms with Gasteiger partial charge in [-0.15, -0.1) is 0 Å². The van der Waals surface area contributed by atoms with Crippen LogP contribution in [0.5, 0.6) is 5.75 Å². The van der Waals surface area contributed by atoms with Crippen LogP contribution in [0.2, 0.25) is 0 Å². The molecule has 4 aromatic rings. The van der Waals surface area contributed by atoms with Crippen molar-refractivity contribution in [3.63, 3.8) is 0 Å². The van der Waals surface area contributed by atoms with Gasteiger partial charge in [0.15, 0.2) is 17.7 Å². The lowest BCUT2D eigenvalue weighted by molar-refractivity contribution is -0.139. The summed E-state index contributed by atoms with van der Waals surface area (Å²) >= 11 is 0. The molecule has 0 aliphatic heterocycles. The van der Waals surface area contributed by atoms with Crippen molar-refractivity contribution in [3.8, 4) is 11.4 Å². The van der Waals surface area contributed by atoms with Crippen molar-refractivity contribution in [3.05, 3.63) is 88.7 Å². The van der Waals surface area contributed by atoms with E-state index in [1.54, 1.807) is 13.0 Å². The van der Waals surface area contributed by atoms with Gasteiger partial charge >= 0.3 is 5.97 Å². The number of pyridine rings is 2. The van der Waals surface area contributed by atoms with Gasteiger partial charge < -0.3 is 15.2 Å². The third-order valence-corrected chi connectivity index (χ3v) is 4.47. The van der Waals surface area contributed by atoms with E-state index >= 15 is 0 Å². The molecule has 0 saturated carbocycles. The molecule has 2 aromatic heterocycles.